The predicted molar refractivity (Wildman–Crippen MR) is 75.9 cm³/mol. The molecule has 0 atom stereocenters. The third-order valence-electron chi connectivity index (χ3n) is 3.31. The van der Waals surface area contributed by atoms with E-state index in [4.69, 9.17) is 16.9 Å². The fourth-order valence-electron chi connectivity index (χ4n) is 1.96. The van der Waals surface area contributed by atoms with Crippen LogP contribution in [-0.4, -0.2) is 18.1 Å². The third-order valence-corrected chi connectivity index (χ3v) is 3.68. The second kappa shape index (κ2) is 7.23. The van der Waals surface area contributed by atoms with Crippen LogP contribution in [0.4, 0.5) is 5.82 Å². The predicted octanol–water partition coefficient (Wildman–Crippen LogP) is 3.87. The van der Waals surface area contributed by atoms with Gasteiger partial charge < -0.3 is 4.90 Å². The van der Waals surface area contributed by atoms with Crippen LogP contribution in [0.1, 0.15) is 39.2 Å². The van der Waals surface area contributed by atoms with E-state index in [1.54, 1.807) is 12.3 Å². The van der Waals surface area contributed by atoms with Crippen molar-refractivity contribution in [3.63, 3.8) is 0 Å². The molecule has 1 aromatic rings. The number of pyridine rings is 1. The zero-order valence-corrected chi connectivity index (χ0v) is 12.0. The maximum Gasteiger partial charge on any atom is 0.148 e. The largest absolute Gasteiger partial charge is 0.355 e. The zero-order chi connectivity index (χ0) is 13.5. The van der Waals surface area contributed by atoms with Crippen molar-refractivity contribution in [2.24, 2.45) is 5.92 Å². The van der Waals surface area contributed by atoms with E-state index >= 15 is 0 Å². The lowest BCUT2D eigenvalue weighted by molar-refractivity contribution is 0.484. The number of hydrogen-bond donors (Lipinski definition) is 0. The fourth-order valence-corrected chi connectivity index (χ4v) is 2.24. The van der Waals surface area contributed by atoms with Gasteiger partial charge in [-0.25, -0.2) is 4.98 Å². The van der Waals surface area contributed by atoms with Gasteiger partial charge in [0.15, 0.2) is 0 Å². The van der Waals surface area contributed by atoms with Crippen molar-refractivity contribution in [1.29, 1.82) is 5.26 Å². The van der Waals surface area contributed by atoms with E-state index in [0.29, 0.717) is 16.5 Å². The molecule has 0 aliphatic heterocycles. The molecule has 0 amide bonds. The smallest absolute Gasteiger partial charge is 0.148 e. The molecule has 18 heavy (non-hydrogen) atoms. The van der Waals surface area contributed by atoms with Gasteiger partial charge >= 0.3 is 0 Å². The van der Waals surface area contributed by atoms with Crippen LogP contribution in [0.3, 0.4) is 0 Å². The highest BCUT2D eigenvalue weighted by Gasteiger charge is 2.16. The maximum absolute atomic E-state index is 8.99. The molecule has 0 aliphatic rings. The number of aromatic nitrogens is 1. The molecule has 0 bridgehead atoms. The summed E-state index contributed by atoms with van der Waals surface area (Å²) in [4.78, 5) is 6.48. The topological polar surface area (TPSA) is 39.9 Å². The SMILES string of the molecule is CCC(CC)CN(CC)c1nccc(C#N)c1Cl. The van der Waals surface area contributed by atoms with Crippen molar-refractivity contribution in [3.8, 4) is 6.07 Å². The zero-order valence-electron chi connectivity index (χ0n) is 11.3. The van der Waals surface area contributed by atoms with Crippen LogP contribution in [0.25, 0.3) is 0 Å². The van der Waals surface area contributed by atoms with Gasteiger partial charge in [-0.05, 0) is 18.9 Å². The number of anilines is 1. The van der Waals surface area contributed by atoms with Crippen LogP contribution in [0.5, 0.6) is 0 Å². The van der Waals surface area contributed by atoms with E-state index in [1.807, 2.05) is 0 Å². The van der Waals surface area contributed by atoms with Gasteiger partial charge in [-0.1, -0.05) is 38.3 Å². The molecule has 0 saturated heterocycles. The average Bonchev–Trinajstić information content (AvgIpc) is 2.41. The highest BCUT2D eigenvalue weighted by Crippen LogP contribution is 2.27. The molecule has 0 spiro atoms. The Labute approximate surface area is 114 Å². The van der Waals surface area contributed by atoms with Gasteiger partial charge in [0.25, 0.3) is 0 Å². The van der Waals surface area contributed by atoms with Crippen LogP contribution < -0.4 is 4.90 Å². The number of nitriles is 1. The molecule has 0 unspecified atom stereocenters. The van der Waals surface area contributed by atoms with Crippen LogP contribution in [0.15, 0.2) is 12.3 Å². The lowest BCUT2D eigenvalue weighted by Crippen LogP contribution is -2.30. The molecule has 0 N–H and O–H groups in total. The summed E-state index contributed by atoms with van der Waals surface area (Å²) < 4.78 is 0. The van der Waals surface area contributed by atoms with E-state index in [-0.39, 0.29) is 0 Å². The Hall–Kier alpha value is -1.27. The molecule has 0 saturated carbocycles. The van der Waals surface area contributed by atoms with Crippen molar-refractivity contribution >= 4 is 17.4 Å². The molecule has 0 aliphatic carbocycles. The number of nitrogens with zero attached hydrogens (tertiary/aromatic N) is 3. The minimum Gasteiger partial charge on any atom is -0.355 e. The monoisotopic (exact) mass is 265 g/mol. The minimum absolute atomic E-state index is 0.466. The Bertz CT molecular complexity index is 422. The van der Waals surface area contributed by atoms with Gasteiger partial charge in [0.05, 0.1) is 5.56 Å². The van der Waals surface area contributed by atoms with E-state index in [9.17, 15) is 0 Å². The Kier molecular flexibility index (Phi) is 5.94. The highest BCUT2D eigenvalue weighted by molar-refractivity contribution is 6.34. The van der Waals surface area contributed by atoms with Crippen molar-refractivity contribution in [1.82, 2.24) is 4.98 Å². The quantitative estimate of drug-likeness (QED) is 0.784. The first-order valence-corrected chi connectivity index (χ1v) is 6.85. The van der Waals surface area contributed by atoms with Gasteiger partial charge in [-0.2, -0.15) is 5.26 Å². The van der Waals surface area contributed by atoms with E-state index in [2.05, 4.69) is 36.7 Å². The molecule has 3 nitrogen and oxygen atoms in total. The standard InChI is InChI=1S/C14H20ClN3/c1-4-11(5-2)10-18(6-3)14-13(15)12(9-16)7-8-17-14/h7-8,11H,4-6,10H2,1-3H3. The molecule has 1 heterocycles. The van der Waals surface area contributed by atoms with Crippen molar-refractivity contribution < 1.29 is 0 Å². The summed E-state index contributed by atoms with van der Waals surface area (Å²) >= 11 is 6.23. The first-order chi connectivity index (χ1) is 8.67. The van der Waals surface area contributed by atoms with Gasteiger partial charge in [0.1, 0.15) is 16.9 Å². The van der Waals surface area contributed by atoms with Crippen LogP contribution in [0.2, 0.25) is 5.02 Å². The fraction of sp³-hybridized carbons (Fsp3) is 0.571. The van der Waals surface area contributed by atoms with Crippen LogP contribution in [-0.2, 0) is 0 Å². The minimum atomic E-state index is 0.466. The molecule has 0 radical (unpaired) electrons. The van der Waals surface area contributed by atoms with Crippen LogP contribution >= 0.6 is 11.6 Å². The van der Waals surface area contributed by atoms with Gasteiger partial charge in [-0.15, -0.1) is 0 Å². The van der Waals surface area contributed by atoms with E-state index in [1.165, 1.54) is 0 Å². The molecule has 98 valence electrons. The molecule has 4 heteroatoms. The first kappa shape index (κ1) is 14.8. The van der Waals surface area contributed by atoms with E-state index in [0.717, 1.165) is 31.7 Å². The molecular formula is C14H20ClN3. The number of halogens is 1. The molecule has 0 fully saturated rings. The molecule has 1 rings (SSSR count). The van der Waals surface area contributed by atoms with Gasteiger partial charge in [0.2, 0.25) is 0 Å². The van der Waals surface area contributed by atoms with E-state index < -0.39 is 0 Å². The maximum atomic E-state index is 8.99. The Morgan fingerprint density at radius 1 is 1.39 bits per heavy atom. The first-order valence-electron chi connectivity index (χ1n) is 6.47. The Morgan fingerprint density at radius 2 is 2.06 bits per heavy atom. The van der Waals surface area contributed by atoms with Gasteiger partial charge in [0, 0.05) is 19.3 Å². The number of rotatable bonds is 6. The summed E-state index contributed by atoms with van der Waals surface area (Å²) in [6, 6.07) is 3.75. The lowest BCUT2D eigenvalue weighted by atomic mass is 10.0. The second-order valence-corrected chi connectivity index (χ2v) is 4.71. The normalized spacial score (nSPS) is 10.4. The van der Waals surface area contributed by atoms with Crippen molar-refractivity contribution in [2.45, 2.75) is 33.6 Å². The molecule has 1 aromatic heterocycles. The molecular weight excluding hydrogens is 246 g/mol. The number of hydrogen-bond acceptors (Lipinski definition) is 3. The van der Waals surface area contributed by atoms with Gasteiger partial charge in [-0.3, -0.25) is 0 Å². The summed E-state index contributed by atoms with van der Waals surface area (Å²) in [5, 5.41) is 9.46. The highest BCUT2D eigenvalue weighted by atomic mass is 35.5. The van der Waals surface area contributed by atoms with Crippen LogP contribution in [0, 0.1) is 17.2 Å². The Balaban J connectivity index is 2.99. The molecule has 0 aromatic carbocycles. The summed E-state index contributed by atoms with van der Waals surface area (Å²) in [5.74, 6) is 1.36. The Morgan fingerprint density at radius 3 is 2.56 bits per heavy atom. The summed E-state index contributed by atoms with van der Waals surface area (Å²) in [6.45, 7) is 8.26. The lowest BCUT2D eigenvalue weighted by Gasteiger charge is -2.27. The summed E-state index contributed by atoms with van der Waals surface area (Å²) in [5.41, 5.74) is 0.490. The van der Waals surface area contributed by atoms with Crippen molar-refractivity contribution in [3.05, 3.63) is 22.8 Å². The summed E-state index contributed by atoms with van der Waals surface area (Å²) in [7, 11) is 0. The average molecular weight is 266 g/mol. The van der Waals surface area contributed by atoms with Crippen molar-refractivity contribution in [2.75, 3.05) is 18.0 Å². The summed E-state index contributed by atoms with van der Waals surface area (Å²) in [6.07, 6.45) is 3.93. The third kappa shape index (κ3) is 3.36. The second-order valence-electron chi connectivity index (χ2n) is 4.33.